The summed E-state index contributed by atoms with van der Waals surface area (Å²) in [6.45, 7) is 6.85. The van der Waals surface area contributed by atoms with Gasteiger partial charge in [-0.15, -0.1) is 0 Å². The topological polar surface area (TPSA) is 20.3 Å². The maximum absolute atomic E-state index is 12.2. The van der Waals surface area contributed by atoms with Gasteiger partial charge < -0.3 is 0 Å². The second-order valence-corrected chi connectivity index (χ2v) is 6.62. The Labute approximate surface area is 118 Å². The highest BCUT2D eigenvalue weighted by atomic mass is 16.1. The van der Waals surface area contributed by atoms with Crippen molar-refractivity contribution in [1.29, 1.82) is 0 Å². The van der Waals surface area contributed by atoms with E-state index < -0.39 is 0 Å². The molecule has 0 radical (unpaired) electrons. The maximum atomic E-state index is 12.2. The summed E-state index contributed by atoms with van der Waals surface area (Å²) in [4.78, 5) is 14.8. The van der Waals surface area contributed by atoms with Crippen LogP contribution >= 0.6 is 0 Å². The molecule has 3 unspecified atom stereocenters. The number of nitrogens with zero attached hydrogens (tertiary/aromatic N) is 1. The molecule has 2 rings (SSSR count). The van der Waals surface area contributed by atoms with Crippen LogP contribution in [-0.2, 0) is 4.79 Å². The number of rotatable bonds is 4. The Morgan fingerprint density at radius 1 is 1.11 bits per heavy atom. The van der Waals surface area contributed by atoms with E-state index in [2.05, 4.69) is 18.7 Å². The average Bonchev–Trinajstić information content (AvgIpc) is 2.66. The highest BCUT2D eigenvalue weighted by Crippen LogP contribution is 2.30. The fraction of sp³-hybridized carbons (Fsp3) is 0.941. The van der Waals surface area contributed by atoms with E-state index >= 15 is 0 Å². The first kappa shape index (κ1) is 15.0. The molecule has 2 aliphatic rings. The van der Waals surface area contributed by atoms with Crippen LogP contribution in [-0.4, -0.2) is 29.8 Å². The molecule has 0 aromatic carbocycles. The second kappa shape index (κ2) is 7.42. The molecule has 19 heavy (non-hydrogen) atoms. The number of carbonyl (C=O) groups excluding carboxylic acids is 1. The van der Waals surface area contributed by atoms with E-state index in [0.717, 1.165) is 37.8 Å². The van der Waals surface area contributed by atoms with Crippen molar-refractivity contribution in [2.24, 2.45) is 11.8 Å². The Kier molecular flexibility index (Phi) is 5.87. The highest BCUT2D eigenvalue weighted by Gasteiger charge is 2.31. The van der Waals surface area contributed by atoms with Crippen LogP contribution in [0.4, 0.5) is 0 Å². The molecule has 1 aliphatic heterocycles. The van der Waals surface area contributed by atoms with Gasteiger partial charge in [0, 0.05) is 24.9 Å². The predicted octanol–water partition coefficient (Wildman–Crippen LogP) is 4.04. The van der Waals surface area contributed by atoms with Crippen LogP contribution < -0.4 is 0 Å². The Morgan fingerprint density at radius 3 is 2.68 bits per heavy atom. The first-order valence-electron chi connectivity index (χ1n) is 8.51. The van der Waals surface area contributed by atoms with Gasteiger partial charge in [0.05, 0.1) is 0 Å². The zero-order valence-corrected chi connectivity index (χ0v) is 12.9. The zero-order valence-electron chi connectivity index (χ0n) is 12.9. The lowest BCUT2D eigenvalue weighted by molar-refractivity contribution is -0.126. The van der Waals surface area contributed by atoms with Crippen LogP contribution in [0.5, 0.6) is 0 Å². The van der Waals surface area contributed by atoms with Crippen molar-refractivity contribution in [2.75, 3.05) is 13.1 Å². The fourth-order valence-corrected chi connectivity index (χ4v) is 3.97. The highest BCUT2D eigenvalue weighted by molar-refractivity contribution is 5.81. The minimum Gasteiger partial charge on any atom is -0.300 e. The van der Waals surface area contributed by atoms with Gasteiger partial charge in [-0.25, -0.2) is 0 Å². The monoisotopic (exact) mass is 265 g/mol. The first-order valence-corrected chi connectivity index (χ1v) is 8.51. The lowest BCUT2D eigenvalue weighted by Gasteiger charge is -2.35. The van der Waals surface area contributed by atoms with Crippen LogP contribution in [0, 0.1) is 11.8 Å². The average molecular weight is 265 g/mol. The van der Waals surface area contributed by atoms with Gasteiger partial charge in [-0.2, -0.15) is 0 Å². The molecule has 3 atom stereocenters. The number of likely N-dealkylation sites (tertiary alicyclic amines) is 1. The summed E-state index contributed by atoms with van der Waals surface area (Å²) in [7, 11) is 0. The number of Topliss-reactive ketones (excluding diaryl/α,β-unsaturated/α-hetero) is 1. The summed E-state index contributed by atoms with van der Waals surface area (Å²) >= 11 is 0. The van der Waals surface area contributed by atoms with Crippen LogP contribution in [0.2, 0.25) is 0 Å². The van der Waals surface area contributed by atoms with Crippen molar-refractivity contribution < 1.29 is 4.79 Å². The number of ketones is 1. The third kappa shape index (κ3) is 4.05. The molecular weight excluding hydrogens is 234 g/mol. The number of hydrogen-bond donors (Lipinski definition) is 0. The molecule has 1 saturated carbocycles. The van der Waals surface area contributed by atoms with Crippen molar-refractivity contribution in [3.8, 4) is 0 Å². The molecule has 0 amide bonds. The largest absolute Gasteiger partial charge is 0.300 e. The summed E-state index contributed by atoms with van der Waals surface area (Å²) < 4.78 is 0. The SMILES string of the molecule is CCC1CCC(=O)C(CN2CCCCCC2CC)C1. The third-order valence-corrected chi connectivity index (χ3v) is 5.37. The van der Waals surface area contributed by atoms with Gasteiger partial charge in [0.15, 0.2) is 0 Å². The normalized spacial score (nSPS) is 34.2. The van der Waals surface area contributed by atoms with Crippen molar-refractivity contribution in [3.05, 3.63) is 0 Å². The number of carbonyl (C=O) groups is 1. The standard InChI is InChI=1S/C17H31NO/c1-3-14-9-10-17(19)15(12-14)13-18-11-7-5-6-8-16(18)4-2/h14-16H,3-13H2,1-2H3. The summed E-state index contributed by atoms with van der Waals surface area (Å²) in [6.07, 6.45) is 11.1. The summed E-state index contributed by atoms with van der Waals surface area (Å²) in [6, 6.07) is 0.734. The predicted molar refractivity (Wildman–Crippen MR) is 80.2 cm³/mol. The third-order valence-electron chi connectivity index (χ3n) is 5.37. The zero-order chi connectivity index (χ0) is 13.7. The molecule has 1 aliphatic carbocycles. The summed E-state index contributed by atoms with van der Waals surface area (Å²) in [5.41, 5.74) is 0. The molecule has 0 aromatic rings. The summed E-state index contributed by atoms with van der Waals surface area (Å²) in [5.74, 6) is 1.68. The van der Waals surface area contributed by atoms with Gasteiger partial charge in [0.2, 0.25) is 0 Å². The van der Waals surface area contributed by atoms with E-state index in [1.54, 1.807) is 0 Å². The van der Waals surface area contributed by atoms with Crippen LogP contribution in [0.1, 0.15) is 71.6 Å². The fourth-order valence-electron chi connectivity index (χ4n) is 3.97. The van der Waals surface area contributed by atoms with Gasteiger partial charge in [-0.3, -0.25) is 9.69 Å². The smallest absolute Gasteiger partial charge is 0.137 e. The maximum Gasteiger partial charge on any atom is 0.137 e. The van der Waals surface area contributed by atoms with Gasteiger partial charge in [0.1, 0.15) is 5.78 Å². The number of hydrogen-bond acceptors (Lipinski definition) is 2. The van der Waals surface area contributed by atoms with Crippen molar-refractivity contribution in [2.45, 2.75) is 77.7 Å². The molecular formula is C17H31NO. The van der Waals surface area contributed by atoms with E-state index in [-0.39, 0.29) is 0 Å². The molecule has 0 bridgehead atoms. The van der Waals surface area contributed by atoms with E-state index in [1.807, 2.05) is 0 Å². The molecule has 110 valence electrons. The van der Waals surface area contributed by atoms with E-state index in [0.29, 0.717) is 11.7 Å². The molecule has 0 aromatic heterocycles. The first-order chi connectivity index (χ1) is 9.24. The Bertz CT molecular complexity index is 289. The van der Waals surface area contributed by atoms with E-state index in [4.69, 9.17) is 0 Å². The van der Waals surface area contributed by atoms with Crippen molar-refractivity contribution >= 4 is 5.78 Å². The van der Waals surface area contributed by atoms with Gasteiger partial charge >= 0.3 is 0 Å². The molecule has 2 nitrogen and oxygen atoms in total. The molecule has 2 fully saturated rings. The van der Waals surface area contributed by atoms with Crippen LogP contribution in [0.3, 0.4) is 0 Å². The molecule has 2 heteroatoms. The Hall–Kier alpha value is -0.370. The molecule has 0 N–H and O–H groups in total. The summed E-state index contributed by atoms with van der Waals surface area (Å²) in [5, 5.41) is 0. The minimum atomic E-state index is 0.339. The minimum absolute atomic E-state index is 0.339. The van der Waals surface area contributed by atoms with Crippen LogP contribution in [0.15, 0.2) is 0 Å². The van der Waals surface area contributed by atoms with E-state index in [1.165, 1.54) is 45.1 Å². The Morgan fingerprint density at radius 2 is 1.95 bits per heavy atom. The van der Waals surface area contributed by atoms with Crippen molar-refractivity contribution in [1.82, 2.24) is 4.90 Å². The van der Waals surface area contributed by atoms with Crippen LogP contribution in [0.25, 0.3) is 0 Å². The molecule has 0 spiro atoms. The second-order valence-electron chi connectivity index (χ2n) is 6.62. The van der Waals surface area contributed by atoms with Gasteiger partial charge in [-0.1, -0.05) is 33.1 Å². The van der Waals surface area contributed by atoms with E-state index in [9.17, 15) is 4.79 Å². The van der Waals surface area contributed by atoms with Crippen molar-refractivity contribution in [3.63, 3.8) is 0 Å². The quantitative estimate of drug-likeness (QED) is 0.764. The van der Waals surface area contributed by atoms with Gasteiger partial charge in [-0.05, 0) is 44.6 Å². The Balaban J connectivity index is 1.94. The molecule has 1 heterocycles. The lowest BCUT2D eigenvalue weighted by Crippen LogP contribution is -2.41. The lowest BCUT2D eigenvalue weighted by atomic mass is 9.79. The van der Waals surface area contributed by atoms with Gasteiger partial charge in [0.25, 0.3) is 0 Å². The molecule has 1 saturated heterocycles.